The van der Waals surface area contributed by atoms with E-state index in [0.29, 0.717) is 0 Å². The lowest BCUT2D eigenvalue weighted by Gasteiger charge is -2.06. The highest BCUT2D eigenvalue weighted by Gasteiger charge is 2.12. The van der Waals surface area contributed by atoms with Crippen LogP contribution in [0.25, 0.3) is 0 Å². The van der Waals surface area contributed by atoms with Crippen molar-refractivity contribution in [3.63, 3.8) is 0 Å². The number of rotatable bonds is 5. The molecule has 0 spiro atoms. The summed E-state index contributed by atoms with van der Waals surface area (Å²) >= 11 is 0. The molecule has 0 bridgehead atoms. The Balaban J connectivity index is 1.93. The predicted octanol–water partition coefficient (Wildman–Crippen LogP) is 1.73. The number of nitrogens with zero attached hydrogens (tertiary/aromatic N) is 1. The zero-order chi connectivity index (χ0) is 15.1. The first-order valence-corrected chi connectivity index (χ1v) is 6.22. The SMILES string of the molecule is COC(=O)c1cccc(C(=O)NOCc2ccccc2)n1. The Morgan fingerprint density at radius 1 is 1.05 bits per heavy atom. The lowest BCUT2D eigenvalue weighted by atomic mass is 10.2. The monoisotopic (exact) mass is 286 g/mol. The van der Waals surface area contributed by atoms with E-state index in [4.69, 9.17) is 4.84 Å². The lowest BCUT2D eigenvalue weighted by Crippen LogP contribution is -2.25. The van der Waals surface area contributed by atoms with Crippen molar-refractivity contribution in [2.24, 2.45) is 0 Å². The molecule has 1 amide bonds. The van der Waals surface area contributed by atoms with E-state index >= 15 is 0 Å². The maximum absolute atomic E-state index is 11.8. The van der Waals surface area contributed by atoms with Crippen LogP contribution in [0.2, 0.25) is 0 Å². The molecule has 0 atom stereocenters. The molecule has 6 nitrogen and oxygen atoms in total. The Labute approximate surface area is 121 Å². The van der Waals surface area contributed by atoms with Gasteiger partial charge in [0.25, 0.3) is 5.91 Å². The maximum Gasteiger partial charge on any atom is 0.356 e. The Kier molecular flexibility index (Phi) is 5.00. The van der Waals surface area contributed by atoms with Crippen LogP contribution in [0, 0.1) is 0 Å². The summed E-state index contributed by atoms with van der Waals surface area (Å²) in [7, 11) is 1.25. The predicted molar refractivity (Wildman–Crippen MR) is 74.3 cm³/mol. The average molecular weight is 286 g/mol. The number of carbonyl (C=O) groups is 2. The number of aromatic nitrogens is 1. The Morgan fingerprint density at radius 2 is 1.76 bits per heavy atom. The van der Waals surface area contributed by atoms with Gasteiger partial charge >= 0.3 is 5.97 Å². The number of nitrogens with one attached hydrogen (secondary N) is 1. The highest BCUT2D eigenvalue weighted by Crippen LogP contribution is 2.02. The molecule has 0 aliphatic carbocycles. The summed E-state index contributed by atoms with van der Waals surface area (Å²) in [5.41, 5.74) is 3.34. The third kappa shape index (κ3) is 4.12. The van der Waals surface area contributed by atoms with E-state index in [9.17, 15) is 9.59 Å². The molecule has 0 aliphatic rings. The van der Waals surface area contributed by atoms with Crippen molar-refractivity contribution in [1.82, 2.24) is 10.5 Å². The minimum atomic E-state index is -0.602. The van der Waals surface area contributed by atoms with Gasteiger partial charge in [0.15, 0.2) is 0 Å². The van der Waals surface area contributed by atoms with Crippen molar-refractivity contribution >= 4 is 11.9 Å². The molecule has 1 heterocycles. The van der Waals surface area contributed by atoms with E-state index in [1.807, 2.05) is 30.3 Å². The van der Waals surface area contributed by atoms with E-state index in [2.05, 4.69) is 15.2 Å². The maximum atomic E-state index is 11.8. The molecule has 1 aromatic carbocycles. The van der Waals surface area contributed by atoms with E-state index in [0.717, 1.165) is 5.56 Å². The van der Waals surface area contributed by atoms with Gasteiger partial charge in [-0.15, -0.1) is 0 Å². The zero-order valence-electron chi connectivity index (χ0n) is 11.4. The van der Waals surface area contributed by atoms with Crippen molar-refractivity contribution in [3.05, 3.63) is 65.5 Å². The normalized spacial score (nSPS) is 9.95. The van der Waals surface area contributed by atoms with Gasteiger partial charge in [0.05, 0.1) is 13.7 Å². The van der Waals surface area contributed by atoms with Gasteiger partial charge < -0.3 is 4.74 Å². The second-order valence-corrected chi connectivity index (χ2v) is 4.11. The molecule has 2 rings (SSSR count). The molecule has 1 N–H and O–H groups in total. The summed E-state index contributed by atoms with van der Waals surface area (Å²) < 4.78 is 4.55. The molecule has 6 heteroatoms. The van der Waals surface area contributed by atoms with Crippen molar-refractivity contribution in [2.45, 2.75) is 6.61 Å². The van der Waals surface area contributed by atoms with Gasteiger partial charge in [-0.1, -0.05) is 36.4 Å². The van der Waals surface area contributed by atoms with Crippen LogP contribution in [-0.4, -0.2) is 24.0 Å². The van der Waals surface area contributed by atoms with Crippen LogP contribution in [0.1, 0.15) is 26.5 Å². The first-order valence-electron chi connectivity index (χ1n) is 6.22. The number of benzene rings is 1. The number of hydrogen-bond donors (Lipinski definition) is 1. The minimum absolute atomic E-state index is 0.0632. The fourth-order valence-corrected chi connectivity index (χ4v) is 1.59. The van der Waals surface area contributed by atoms with Crippen molar-refractivity contribution in [3.8, 4) is 0 Å². The summed E-state index contributed by atoms with van der Waals surface area (Å²) in [5, 5.41) is 0. The molecule has 108 valence electrons. The number of ether oxygens (including phenoxy) is 1. The average Bonchev–Trinajstić information content (AvgIpc) is 2.55. The third-order valence-corrected chi connectivity index (χ3v) is 2.62. The number of hydroxylamine groups is 1. The van der Waals surface area contributed by atoms with Crippen LogP contribution < -0.4 is 5.48 Å². The van der Waals surface area contributed by atoms with Gasteiger partial charge in [0.1, 0.15) is 11.4 Å². The second-order valence-electron chi connectivity index (χ2n) is 4.11. The highest BCUT2D eigenvalue weighted by atomic mass is 16.6. The fraction of sp³-hybridized carbons (Fsp3) is 0.133. The topological polar surface area (TPSA) is 77.5 Å². The number of methoxy groups -OCH3 is 1. The third-order valence-electron chi connectivity index (χ3n) is 2.62. The van der Waals surface area contributed by atoms with E-state index in [1.54, 1.807) is 6.07 Å². The van der Waals surface area contributed by atoms with Gasteiger partial charge in [-0.05, 0) is 17.7 Å². The number of carbonyl (C=O) groups excluding carboxylic acids is 2. The van der Waals surface area contributed by atoms with Gasteiger partial charge in [-0.2, -0.15) is 0 Å². The number of esters is 1. The van der Waals surface area contributed by atoms with Crippen LogP contribution in [-0.2, 0) is 16.2 Å². The second kappa shape index (κ2) is 7.16. The minimum Gasteiger partial charge on any atom is -0.464 e. The summed E-state index contributed by atoms with van der Waals surface area (Å²) in [5.74, 6) is -1.13. The largest absolute Gasteiger partial charge is 0.464 e. The fourth-order valence-electron chi connectivity index (χ4n) is 1.59. The molecule has 0 saturated heterocycles. The first kappa shape index (κ1) is 14.7. The highest BCUT2D eigenvalue weighted by molar-refractivity contribution is 5.93. The molecular weight excluding hydrogens is 272 g/mol. The molecular formula is C15H14N2O4. The van der Waals surface area contributed by atoms with Gasteiger partial charge in [-0.3, -0.25) is 9.63 Å². The van der Waals surface area contributed by atoms with E-state index in [1.165, 1.54) is 19.2 Å². The smallest absolute Gasteiger partial charge is 0.356 e. The quantitative estimate of drug-likeness (QED) is 0.669. The lowest BCUT2D eigenvalue weighted by molar-refractivity contribution is 0.0229. The Bertz CT molecular complexity index is 629. The van der Waals surface area contributed by atoms with Crippen LogP contribution in [0.15, 0.2) is 48.5 Å². The number of hydrogen-bond acceptors (Lipinski definition) is 5. The first-order chi connectivity index (χ1) is 10.2. The Morgan fingerprint density at radius 3 is 2.48 bits per heavy atom. The molecule has 2 aromatic rings. The summed E-state index contributed by atoms with van der Waals surface area (Å²) in [4.78, 5) is 32.2. The van der Waals surface area contributed by atoms with E-state index in [-0.39, 0.29) is 18.0 Å². The molecule has 0 radical (unpaired) electrons. The molecule has 1 aromatic heterocycles. The van der Waals surface area contributed by atoms with Crippen LogP contribution in [0.5, 0.6) is 0 Å². The molecule has 0 saturated carbocycles. The molecule has 21 heavy (non-hydrogen) atoms. The zero-order valence-corrected chi connectivity index (χ0v) is 11.4. The van der Waals surface area contributed by atoms with Gasteiger partial charge in [0.2, 0.25) is 0 Å². The van der Waals surface area contributed by atoms with Crippen molar-refractivity contribution < 1.29 is 19.2 Å². The van der Waals surface area contributed by atoms with Crippen LogP contribution in [0.4, 0.5) is 0 Å². The van der Waals surface area contributed by atoms with Crippen molar-refractivity contribution in [2.75, 3.05) is 7.11 Å². The van der Waals surface area contributed by atoms with E-state index < -0.39 is 11.9 Å². The summed E-state index contributed by atoms with van der Waals surface area (Å²) in [6.07, 6.45) is 0. The van der Waals surface area contributed by atoms with Crippen LogP contribution >= 0.6 is 0 Å². The standard InChI is InChI=1S/C15H14N2O4/c1-20-15(19)13-9-5-8-12(16-13)14(18)17-21-10-11-6-3-2-4-7-11/h2-9H,10H2,1H3,(H,17,18). The molecule has 0 fully saturated rings. The van der Waals surface area contributed by atoms with Crippen LogP contribution in [0.3, 0.4) is 0 Å². The van der Waals surface area contributed by atoms with Crippen molar-refractivity contribution in [1.29, 1.82) is 0 Å². The number of amides is 1. The van der Waals surface area contributed by atoms with Gasteiger partial charge in [-0.25, -0.2) is 15.3 Å². The summed E-state index contributed by atoms with van der Waals surface area (Å²) in [6.45, 7) is 0.239. The molecule has 0 unspecified atom stereocenters. The number of pyridine rings is 1. The Hall–Kier alpha value is -2.73. The summed E-state index contributed by atoms with van der Waals surface area (Å²) in [6, 6.07) is 13.9. The molecule has 0 aliphatic heterocycles. The van der Waals surface area contributed by atoms with Gasteiger partial charge in [0, 0.05) is 0 Å².